The number of anilines is 1. The van der Waals surface area contributed by atoms with E-state index in [1.54, 1.807) is 16.4 Å². The van der Waals surface area contributed by atoms with Crippen LogP contribution in [-0.4, -0.2) is 80.3 Å². The smallest absolute Gasteiger partial charge is 0.304 e. The van der Waals surface area contributed by atoms with E-state index in [1.165, 1.54) is 10.5 Å². The summed E-state index contributed by atoms with van der Waals surface area (Å²) in [6.07, 6.45) is 9.59. The highest BCUT2D eigenvalue weighted by molar-refractivity contribution is 9.11. The number of sulfonamides is 2. The van der Waals surface area contributed by atoms with Gasteiger partial charge in [0.1, 0.15) is 19.3 Å². The fourth-order valence-corrected chi connectivity index (χ4v) is 12.9. The van der Waals surface area contributed by atoms with Gasteiger partial charge in [-0.05, 0) is 94.4 Å². The lowest BCUT2D eigenvalue weighted by molar-refractivity contribution is -0.137. The minimum Gasteiger partial charge on any atom is -0.481 e. The van der Waals surface area contributed by atoms with Gasteiger partial charge in [-0.15, -0.1) is 11.3 Å². The summed E-state index contributed by atoms with van der Waals surface area (Å²) in [5.74, 6) is 0.882. The van der Waals surface area contributed by atoms with Crippen LogP contribution in [0.1, 0.15) is 64.2 Å². The molecule has 5 rings (SSSR count). The second kappa shape index (κ2) is 14.5. The molecule has 2 aromatic rings. The number of hydrogen-bond acceptors (Lipinski definition) is 8. The number of rotatable bonds is 11. The van der Waals surface area contributed by atoms with E-state index in [1.807, 2.05) is 0 Å². The van der Waals surface area contributed by atoms with Crippen LogP contribution in [0.4, 0.5) is 5.82 Å². The van der Waals surface area contributed by atoms with E-state index in [-0.39, 0.29) is 15.5 Å². The summed E-state index contributed by atoms with van der Waals surface area (Å²) >= 11 is 14.0. The SMILES string of the molecule is O=C(O)CC1CCCN1S(=O)(=O)c1cnc(N2CCC(CCCC3CCN(S(=O)(=O)c4cc(Br)c(Cl)s4)CC3)CC2)c(Br)c1. The second-order valence-electron chi connectivity index (χ2n) is 11.9. The van der Waals surface area contributed by atoms with E-state index in [0.717, 1.165) is 75.2 Å². The van der Waals surface area contributed by atoms with Gasteiger partial charge in [-0.3, -0.25) is 4.79 Å². The molecule has 0 spiro atoms. The molecule has 244 valence electrons. The van der Waals surface area contributed by atoms with Crippen LogP contribution in [0.3, 0.4) is 0 Å². The maximum Gasteiger partial charge on any atom is 0.304 e. The van der Waals surface area contributed by atoms with Crippen molar-refractivity contribution in [1.82, 2.24) is 13.6 Å². The first-order valence-corrected chi connectivity index (χ1v) is 20.6. The van der Waals surface area contributed by atoms with E-state index >= 15 is 0 Å². The molecule has 2 aromatic heterocycles. The minimum atomic E-state index is -3.84. The third kappa shape index (κ3) is 7.83. The first-order chi connectivity index (χ1) is 20.9. The molecule has 0 saturated carbocycles. The van der Waals surface area contributed by atoms with E-state index < -0.39 is 32.1 Å². The summed E-state index contributed by atoms with van der Waals surface area (Å²) in [5.41, 5.74) is 0. The molecular formula is C28H37Br2ClN4O6S3. The monoisotopic (exact) mass is 814 g/mol. The Morgan fingerprint density at radius 3 is 2.14 bits per heavy atom. The third-order valence-corrected chi connectivity index (χ3v) is 16.4. The zero-order chi connectivity index (χ0) is 31.6. The summed E-state index contributed by atoms with van der Waals surface area (Å²) in [4.78, 5) is 18.0. The molecule has 3 saturated heterocycles. The number of halogens is 3. The second-order valence-corrected chi connectivity index (χ2v) is 19.3. The highest BCUT2D eigenvalue weighted by Gasteiger charge is 2.37. The number of aromatic nitrogens is 1. The molecule has 0 aromatic carbocycles. The predicted octanol–water partition coefficient (Wildman–Crippen LogP) is 6.44. The Kier molecular flexibility index (Phi) is 11.4. The number of thiophene rings is 1. The highest BCUT2D eigenvalue weighted by Crippen LogP contribution is 2.38. The van der Waals surface area contributed by atoms with Crippen molar-refractivity contribution in [3.8, 4) is 0 Å². The van der Waals surface area contributed by atoms with Crippen molar-refractivity contribution < 1.29 is 26.7 Å². The molecule has 1 unspecified atom stereocenters. The van der Waals surface area contributed by atoms with Crippen LogP contribution in [0.5, 0.6) is 0 Å². The van der Waals surface area contributed by atoms with Gasteiger partial charge in [-0.25, -0.2) is 21.8 Å². The Morgan fingerprint density at radius 2 is 1.57 bits per heavy atom. The average Bonchev–Trinajstić information content (AvgIpc) is 3.60. The van der Waals surface area contributed by atoms with Crippen LogP contribution >= 0.6 is 54.8 Å². The maximum atomic E-state index is 13.3. The fourth-order valence-electron chi connectivity index (χ4n) is 6.60. The lowest BCUT2D eigenvalue weighted by atomic mass is 9.87. The molecule has 3 aliphatic rings. The summed E-state index contributed by atoms with van der Waals surface area (Å²) in [6.45, 7) is 3.09. The number of nitrogens with zero attached hydrogens (tertiary/aromatic N) is 4. The van der Waals surface area contributed by atoms with E-state index in [9.17, 15) is 26.7 Å². The van der Waals surface area contributed by atoms with Gasteiger partial charge < -0.3 is 10.0 Å². The van der Waals surface area contributed by atoms with Crippen LogP contribution in [0.25, 0.3) is 0 Å². The van der Waals surface area contributed by atoms with Gasteiger partial charge in [0.2, 0.25) is 10.0 Å². The standard InChI is InChI=1S/C28H37Br2ClN4O6S3/c29-23-17-26(42-27(23)31)44(40,41)34-13-8-20(9-14-34)4-1-3-19-6-11-33(12-7-19)28-24(30)16-22(18-32-28)43(38,39)35-10-2-5-21(35)15-25(36)37/h16-21H,1-15H2,(H,36,37). The van der Waals surface area contributed by atoms with E-state index in [2.05, 4.69) is 41.7 Å². The zero-order valence-corrected chi connectivity index (χ0v) is 30.6. The average molecular weight is 817 g/mol. The molecule has 0 radical (unpaired) electrons. The van der Waals surface area contributed by atoms with Crippen LogP contribution < -0.4 is 4.90 Å². The number of pyridine rings is 1. The molecule has 16 heteroatoms. The van der Waals surface area contributed by atoms with Crippen molar-refractivity contribution in [2.45, 2.75) is 79.4 Å². The van der Waals surface area contributed by atoms with Gasteiger partial charge in [-0.1, -0.05) is 30.9 Å². The molecule has 0 aliphatic carbocycles. The van der Waals surface area contributed by atoms with Crippen LogP contribution in [0.15, 0.2) is 36.4 Å². The first-order valence-electron chi connectivity index (χ1n) is 15.0. The molecule has 10 nitrogen and oxygen atoms in total. The summed E-state index contributed by atoms with van der Waals surface area (Å²) in [6, 6.07) is 2.65. The van der Waals surface area contributed by atoms with Gasteiger partial charge in [0, 0.05) is 49.4 Å². The van der Waals surface area contributed by atoms with E-state index in [0.29, 0.717) is 57.6 Å². The Labute approximate surface area is 285 Å². The van der Waals surface area contributed by atoms with E-state index in [4.69, 9.17) is 11.6 Å². The Morgan fingerprint density at radius 1 is 0.932 bits per heavy atom. The molecule has 1 atom stereocenters. The molecule has 0 amide bonds. The number of carboxylic acid groups (broad SMARTS) is 1. The third-order valence-electron chi connectivity index (χ3n) is 9.07. The van der Waals surface area contributed by atoms with Crippen molar-refractivity contribution in [3.63, 3.8) is 0 Å². The number of carboxylic acids is 1. The number of hydrogen-bond donors (Lipinski definition) is 1. The topological polar surface area (TPSA) is 128 Å². The summed E-state index contributed by atoms with van der Waals surface area (Å²) in [7, 11) is -7.34. The first kappa shape index (κ1) is 34.5. The summed E-state index contributed by atoms with van der Waals surface area (Å²) < 4.78 is 57.4. The molecular weight excluding hydrogens is 780 g/mol. The van der Waals surface area contributed by atoms with Crippen LogP contribution in [0, 0.1) is 11.8 Å². The van der Waals surface area contributed by atoms with Gasteiger partial charge in [0.05, 0.1) is 10.9 Å². The molecule has 0 bridgehead atoms. The largest absolute Gasteiger partial charge is 0.481 e. The fraction of sp³-hybridized carbons (Fsp3) is 0.643. The van der Waals surface area contributed by atoms with Crippen molar-refractivity contribution in [3.05, 3.63) is 31.6 Å². The normalized spacial score (nSPS) is 21.7. The van der Waals surface area contributed by atoms with Gasteiger partial charge in [-0.2, -0.15) is 8.61 Å². The maximum absolute atomic E-state index is 13.3. The van der Waals surface area contributed by atoms with Crippen LogP contribution in [0.2, 0.25) is 4.34 Å². The molecule has 3 aliphatic heterocycles. The zero-order valence-electron chi connectivity index (χ0n) is 24.2. The van der Waals surface area contributed by atoms with Crippen LogP contribution in [-0.2, 0) is 24.8 Å². The molecule has 44 heavy (non-hydrogen) atoms. The summed E-state index contributed by atoms with van der Waals surface area (Å²) in [5, 5.41) is 9.18. The van der Waals surface area contributed by atoms with Gasteiger partial charge in [0.25, 0.3) is 10.0 Å². The lowest BCUT2D eigenvalue weighted by Gasteiger charge is -2.34. The van der Waals surface area contributed by atoms with Crippen molar-refractivity contribution in [1.29, 1.82) is 0 Å². The Balaban J connectivity index is 1.06. The van der Waals surface area contributed by atoms with Gasteiger partial charge in [0.15, 0.2) is 0 Å². The molecule has 5 heterocycles. The molecule has 3 fully saturated rings. The number of piperidine rings is 2. The number of aliphatic carboxylic acids is 1. The molecule has 1 N–H and O–H groups in total. The number of carbonyl (C=O) groups is 1. The minimum absolute atomic E-state index is 0.0766. The Hall–Kier alpha value is -0.810. The van der Waals surface area contributed by atoms with Crippen molar-refractivity contribution in [2.75, 3.05) is 37.6 Å². The Bertz CT molecular complexity index is 1540. The predicted molar refractivity (Wildman–Crippen MR) is 178 cm³/mol. The lowest BCUT2D eigenvalue weighted by Crippen LogP contribution is -2.38. The highest BCUT2D eigenvalue weighted by atomic mass is 79.9. The quantitative estimate of drug-likeness (QED) is 0.275. The van der Waals surface area contributed by atoms with Gasteiger partial charge >= 0.3 is 5.97 Å². The van der Waals surface area contributed by atoms with Crippen molar-refractivity contribution in [2.24, 2.45) is 11.8 Å². The van der Waals surface area contributed by atoms with Crippen molar-refractivity contribution >= 4 is 86.6 Å².